The lowest BCUT2D eigenvalue weighted by molar-refractivity contribution is -0.147. The molecule has 0 unspecified atom stereocenters. The predicted molar refractivity (Wildman–Crippen MR) is 138 cm³/mol. The largest absolute Gasteiger partial charge is 0.318 e. The molecule has 2 aliphatic carbocycles. The number of hydrogen-bond donors (Lipinski definition) is 1. The van der Waals surface area contributed by atoms with Crippen molar-refractivity contribution in [2.45, 2.75) is 25.8 Å². The smallest absolute Gasteiger partial charge is 0.295 e. The van der Waals surface area contributed by atoms with Gasteiger partial charge in [0.25, 0.3) is 5.56 Å². The number of allylic oxidation sites excluding steroid dienone is 2. The number of nitrogens with zero attached hydrogens (tertiary/aromatic N) is 3. The monoisotopic (exact) mass is 496 g/mol. The number of likely N-dealkylation sites (tertiary alicyclic amines) is 1. The van der Waals surface area contributed by atoms with Gasteiger partial charge in [0.1, 0.15) is 11.7 Å². The maximum atomic E-state index is 13.8. The van der Waals surface area contributed by atoms with E-state index in [1.165, 1.54) is 9.58 Å². The molecule has 2 bridgehead atoms. The lowest BCUT2D eigenvalue weighted by Gasteiger charge is -2.27. The van der Waals surface area contributed by atoms with Crippen LogP contribution in [0, 0.1) is 30.6 Å². The van der Waals surface area contributed by atoms with Gasteiger partial charge in [-0.15, -0.1) is 0 Å². The number of rotatable bonds is 6. The van der Waals surface area contributed by atoms with E-state index in [0.29, 0.717) is 11.4 Å². The summed E-state index contributed by atoms with van der Waals surface area (Å²) in [5, 5.41) is 2.80. The molecule has 3 aromatic rings. The van der Waals surface area contributed by atoms with E-state index in [2.05, 4.69) is 5.32 Å². The van der Waals surface area contributed by atoms with E-state index >= 15 is 0 Å². The van der Waals surface area contributed by atoms with Crippen molar-refractivity contribution in [2.24, 2.45) is 30.7 Å². The van der Waals surface area contributed by atoms with Crippen LogP contribution in [-0.4, -0.2) is 38.0 Å². The van der Waals surface area contributed by atoms with Crippen molar-refractivity contribution in [2.75, 3.05) is 5.32 Å². The number of carbonyl (C=O) groups excluding carboxylic acids is 3. The van der Waals surface area contributed by atoms with Gasteiger partial charge >= 0.3 is 0 Å². The van der Waals surface area contributed by atoms with Crippen LogP contribution in [0.15, 0.2) is 77.6 Å². The molecule has 3 amide bonds. The van der Waals surface area contributed by atoms with Gasteiger partial charge in [0.15, 0.2) is 0 Å². The van der Waals surface area contributed by atoms with E-state index < -0.39 is 23.8 Å². The van der Waals surface area contributed by atoms with Crippen LogP contribution in [0.4, 0.5) is 5.69 Å². The molecule has 2 aromatic carbocycles. The van der Waals surface area contributed by atoms with Crippen LogP contribution < -0.4 is 10.9 Å². The number of imide groups is 1. The van der Waals surface area contributed by atoms with Gasteiger partial charge in [0, 0.05) is 13.5 Å². The zero-order chi connectivity index (χ0) is 25.8. The van der Waals surface area contributed by atoms with E-state index in [1.807, 2.05) is 72.8 Å². The minimum Gasteiger partial charge on any atom is -0.318 e. The van der Waals surface area contributed by atoms with Crippen molar-refractivity contribution >= 4 is 23.4 Å². The molecule has 6 rings (SSSR count). The van der Waals surface area contributed by atoms with Crippen molar-refractivity contribution in [1.29, 1.82) is 0 Å². The van der Waals surface area contributed by atoms with Gasteiger partial charge in [-0.2, -0.15) is 0 Å². The molecule has 3 aliphatic rings. The Labute approximate surface area is 214 Å². The molecule has 188 valence electrons. The zero-order valence-electron chi connectivity index (χ0n) is 20.7. The van der Waals surface area contributed by atoms with Crippen LogP contribution in [-0.2, 0) is 27.9 Å². The first kappa shape index (κ1) is 23.2. The highest BCUT2D eigenvalue weighted by Gasteiger charge is 2.61. The number of para-hydroxylation sites is 1. The van der Waals surface area contributed by atoms with E-state index in [-0.39, 0.29) is 41.3 Å². The minimum absolute atomic E-state index is 0.0475. The summed E-state index contributed by atoms with van der Waals surface area (Å²) in [6, 6.07) is 17.4. The number of aromatic nitrogens is 2. The van der Waals surface area contributed by atoms with Gasteiger partial charge in [-0.25, -0.2) is 4.68 Å². The van der Waals surface area contributed by atoms with Crippen LogP contribution in [0.1, 0.15) is 17.7 Å². The topological polar surface area (TPSA) is 93.4 Å². The number of carbonyl (C=O) groups is 3. The van der Waals surface area contributed by atoms with Crippen molar-refractivity contribution in [3.8, 4) is 5.69 Å². The SMILES string of the molecule is Cc1c(NC(=O)[C@H](Cc2ccccc2)N2C(=O)[C@H]3[C@H](C2=O)[C@H]2C=C[C@H]3C2)c(=O)n(-c2ccccc2)n1C. The Morgan fingerprint density at radius 2 is 1.49 bits per heavy atom. The first-order valence-corrected chi connectivity index (χ1v) is 12.6. The molecular formula is C29H28N4O4. The molecule has 2 heterocycles. The molecule has 1 aromatic heterocycles. The zero-order valence-corrected chi connectivity index (χ0v) is 20.7. The molecule has 1 aliphatic heterocycles. The third-order valence-corrected chi connectivity index (χ3v) is 8.19. The molecule has 8 nitrogen and oxygen atoms in total. The van der Waals surface area contributed by atoms with Crippen LogP contribution >= 0.6 is 0 Å². The molecule has 0 radical (unpaired) electrons. The van der Waals surface area contributed by atoms with Crippen LogP contribution in [0.5, 0.6) is 0 Å². The lowest BCUT2D eigenvalue weighted by Crippen LogP contribution is -2.50. The summed E-state index contributed by atoms with van der Waals surface area (Å²) in [4.78, 5) is 55.6. The number of nitrogens with one attached hydrogen (secondary N) is 1. The van der Waals surface area contributed by atoms with Crippen LogP contribution in [0.2, 0.25) is 0 Å². The average molecular weight is 497 g/mol. The lowest BCUT2D eigenvalue weighted by atomic mass is 9.85. The van der Waals surface area contributed by atoms with Crippen molar-refractivity contribution in [3.05, 3.63) is 94.4 Å². The minimum atomic E-state index is -1.06. The maximum absolute atomic E-state index is 13.8. The molecule has 37 heavy (non-hydrogen) atoms. The molecule has 2 fully saturated rings. The number of hydrogen-bond acceptors (Lipinski definition) is 4. The summed E-state index contributed by atoms with van der Waals surface area (Å²) in [6.07, 6.45) is 5.06. The fourth-order valence-electron chi connectivity index (χ4n) is 6.29. The van der Waals surface area contributed by atoms with Crippen molar-refractivity contribution in [3.63, 3.8) is 0 Å². The Morgan fingerprint density at radius 1 is 0.919 bits per heavy atom. The fraction of sp³-hybridized carbons (Fsp3) is 0.310. The Morgan fingerprint density at radius 3 is 2.08 bits per heavy atom. The third-order valence-electron chi connectivity index (χ3n) is 8.19. The van der Waals surface area contributed by atoms with Gasteiger partial charge in [-0.1, -0.05) is 60.7 Å². The number of fused-ring (bicyclic) bond motifs is 5. The second kappa shape index (κ2) is 8.73. The second-order valence-corrected chi connectivity index (χ2v) is 10.2. The van der Waals surface area contributed by atoms with Gasteiger partial charge in [0.2, 0.25) is 17.7 Å². The normalized spacial score (nSPS) is 24.5. The van der Waals surface area contributed by atoms with Gasteiger partial charge in [-0.05, 0) is 42.9 Å². The molecule has 1 N–H and O–H groups in total. The van der Waals surface area contributed by atoms with E-state index in [4.69, 9.17) is 0 Å². The Kier molecular flexibility index (Phi) is 5.47. The quantitative estimate of drug-likeness (QED) is 0.420. The van der Waals surface area contributed by atoms with Gasteiger partial charge in [0.05, 0.1) is 23.2 Å². The van der Waals surface area contributed by atoms with Gasteiger partial charge in [-0.3, -0.25) is 28.8 Å². The summed E-state index contributed by atoms with van der Waals surface area (Å²) in [7, 11) is 1.75. The van der Waals surface area contributed by atoms with Crippen LogP contribution in [0.3, 0.4) is 0 Å². The highest BCUT2D eigenvalue weighted by molar-refractivity contribution is 6.11. The van der Waals surface area contributed by atoms with Crippen molar-refractivity contribution < 1.29 is 14.4 Å². The number of amides is 3. The highest BCUT2D eigenvalue weighted by atomic mass is 16.2. The Hall–Kier alpha value is -4.20. The molecule has 8 heteroatoms. The van der Waals surface area contributed by atoms with E-state index in [1.54, 1.807) is 18.7 Å². The van der Waals surface area contributed by atoms with Crippen molar-refractivity contribution in [1.82, 2.24) is 14.3 Å². The second-order valence-electron chi connectivity index (χ2n) is 10.2. The fourth-order valence-corrected chi connectivity index (χ4v) is 6.29. The number of anilines is 1. The first-order chi connectivity index (χ1) is 17.9. The highest BCUT2D eigenvalue weighted by Crippen LogP contribution is 2.53. The van der Waals surface area contributed by atoms with Crippen LogP contribution in [0.25, 0.3) is 5.69 Å². The molecule has 1 saturated heterocycles. The summed E-state index contributed by atoms with van der Waals surface area (Å²) >= 11 is 0. The average Bonchev–Trinajstić information content (AvgIpc) is 3.64. The first-order valence-electron chi connectivity index (χ1n) is 12.6. The number of benzene rings is 2. The van der Waals surface area contributed by atoms with E-state index in [9.17, 15) is 19.2 Å². The Bertz CT molecular complexity index is 1460. The summed E-state index contributed by atoms with van der Waals surface area (Å²) in [6.45, 7) is 1.75. The summed E-state index contributed by atoms with van der Waals surface area (Å²) in [5.41, 5.74) is 1.82. The Balaban J connectivity index is 1.36. The molecule has 0 spiro atoms. The third kappa shape index (κ3) is 3.58. The summed E-state index contributed by atoms with van der Waals surface area (Å²) in [5.74, 6) is -1.82. The standard InChI is InChI=1S/C29H28N4O4/c1-17-25(29(37)33(31(17)2)21-11-7-4-8-12-21)30-26(34)22(15-18-9-5-3-6-10-18)32-27(35)23-19-13-14-20(16-19)24(23)28(32)36/h3-14,19-20,22-24H,15-16H2,1-2H3,(H,30,34)/t19-,20-,22-,23+,24+/m0/s1. The van der Waals surface area contributed by atoms with Gasteiger partial charge < -0.3 is 5.32 Å². The maximum Gasteiger partial charge on any atom is 0.295 e. The molecule has 5 atom stereocenters. The summed E-state index contributed by atoms with van der Waals surface area (Å²) < 4.78 is 3.16. The van der Waals surface area contributed by atoms with E-state index in [0.717, 1.165) is 12.0 Å². The predicted octanol–water partition coefficient (Wildman–Crippen LogP) is 2.84. The molecule has 1 saturated carbocycles. The molecular weight excluding hydrogens is 468 g/mol.